The van der Waals surface area contributed by atoms with Gasteiger partial charge in [-0.05, 0) is 37.8 Å². The number of methoxy groups -OCH3 is 2. The predicted molar refractivity (Wildman–Crippen MR) is 82.3 cm³/mol. The number of pyridine rings is 1. The summed E-state index contributed by atoms with van der Waals surface area (Å²) in [6.07, 6.45) is 8.05. The van der Waals surface area contributed by atoms with E-state index in [0.29, 0.717) is 5.88 Å². The monoisotopic (exact) mass is 287 g/mol. The van der Waals surface area contributed by atoms with Crippen molar-refractivity contribution in [1.82, 2.24) is 4.98 Å². The van der Waals surface area contributed by atoms with Gasteiger partial charge >= 0.3 is 0 Å². The molecule has 0 atom stereocenters. The van der Waals surface area contributed by atoms with Crippen LogP contribution in [0, 0.1) is 0 Å². The fourth-order valence-corrected chi connectivity index (χ4v) is 2.92. The number of ether oxygens (including phenoxy) is 3. The first kappa shape index (κ1) is 14.0. The third kappa shape index (κ3) is 2.89. The number of aromatic nitrogens is 1. The van der Waals surface area contributed by atoms with Crippen LogP contribution >= 0.6 is 0 Å². The molecule has 0 unspecified atom stereocenters. The number of nitrogens with zero attached hydrogens (tertiary/aromatic N) is 1. The molecule has 0 saturated heterocycles. The smallest absolute Gasteiger partial charge is 0.221 e. The van der Waals surface area contributed by atoms with E-state index < -0.39 is 0 Å². The van der Waals surface area contributed by atoms with Crippen LogP contribution in [0.5, 0.6) is 17.4 Å². The van der Waals surface area contributed by atoms with Gasteiger partial charge in [0.25, 0.3) is 0 Å². The van der Waals surface area contributed by atoms with E-state index in [1.54, 1.807) is 20.4 Å². The predicted octanol–water partition coefficient (Wildman–Crippen LogP) is 3.96. The molecule has 1 aromatic carbocycles. The summed E-state index contributed by atoms with van der Waals surface area (Å²) in [5, 5.41) is 1.94. The summed E-state index contributed by atoms with van der Waals surface area (Å²) in [4.78, 5) is 4.42. The Hall–Kier alpha value is -1.97. The van der Waals surface area contributed by atoms with Crippen LogP contribution in [0.3, 0.4) is 0 Å². The summed E-state index contributed by atoms with van der Waals surface area (Å²) in [7, 11) is 3.31. The van der Waals surface area contributed by atoms with Gasteiger partial charge in [0.2, 0.25) is 5.88 Å². The maximum Gasteiger partial charge on any atom is 0.221 e. The number of hydrogen-bond acceptors (Lipinski definition) is 4. The van der Waals surface area contributed by atoms with E-state index in [1.165, 1.54) is 19.3 Å². The van der Waals surface area contributed by atoms with Crippen LogP contribution in [-0.2, 0) is 0 Å². The lowest BCUT2D eigenvalue weighted by Gasteiger charge is -2.23. The second-order valence-electron chi connectivity index (χ2n) is 5.42. The van der Waals surface area contributed by atoms with Gasteiger partial charge in [0, 0.05) is 17.6 Å². The third-order valence-corrected chi connectivity index (χ3v) is 4.07. The van der Waals surface area contributed by atoms with Crippen LogP contribution in [-0.4, -0.2) is 25.3 Å². The minimum Gasteiger partial charge on any atom is -0.497 e. The van der Waals surface area contributed by atoms with Crippen LogP contribution in [0.25, 0.3) is 10.8 Å². The van der Waals surface area contributed by atoms with Crippen LogP contribution < -0.4 is 14.2 Å². The molecule has 112 valence electrons. The van der Waals surface area contributed by atoms with Crippen LogP contribution in [0.1, 0.15) is 32.1 Å². The summed E-state index contributed by atoms with van der Waals surface area (Å²) < 4.78 is 16.9. The molecular formula is C17H21NO3. The highest BCUT2D eigenvalue weighted by molar-refractivity contribution is 5.93. The molecule has 0 amide bonds. The molecule has 1 aromatic heterocycles. The summed E-state index contributed by atoms with van der Waals surface area (Å²) >= 11 is 0. The molecular weight excluding hydrogens is 266 g/mol. The zero-order chi connectivity index (χ0) is 14.7. The van der Waals surface area contributed by atoms with Crippen molar-refractivity contribution in [2.24, 2.45) is 0 Å². The average Bonchev–Trinajstić information content (AvgIpc) is 2.55. The first-order valence-corrected chi connectivity index (χ1v) is 7.49. The van der Waals surface area contributed by atoms with E-state index in [4.69, 9.17) is 14.2 Å². The highest BCUT2D eigenvalue weighted by Gasteiger charge is 2.18. The molecule has 0 radical (unpaired) electrons. The maximum atomic E-state index is 6.15. The van der Waals surface area contributed by atoms with E-state index >= 15 is 0 Å². The van der Waals surface area contributed by atoms with E-state index in [0.717, 1.165) is 35.1 Å². The van der Waals surface area contributed by atoms with Gasteiger partial charge in [-0.15, -0.1) is 0 Å². The SMILES string of the molecule is COc1cc(OC)c2ccnc(OC3CCCCC3)c2c1. The third-order valence-electron chi connectivity index (χ3n) is 4.07. The van der Waals surface area contributed by atoms with Gasteiger partial charge in [-0.25, -0.2) is 4.98 Å². The molecule has 1 fully saturated rings. The first-order chi connectivity index (χ1) is 10.3. The van der Waals surface area contributed by atoms with Gasteiger partial charge in [-0.3, -0.25) is 0 Å². The zero-order valence-electron chi connectivity index (χ0n) is 12.6. The van der Waals surface area contributed by atoms with Crippen molar-refractivity contribution in [2.75, 3.05) is 14.2 Å². The molecule has 4 heteroatoms. The van der Waals surface area contributed by atoms with Crippen molar-refractivity contribution in [3.63, 3.8) is 0 Å². The fraction of sp³-hybridized carbons (Fsp3) is 0.471. The quantitative estimate of drug-likeness (QED) is 0.853. The average molecular weight is 287 g/mol. The van der Waals surface area contributed by atoms with Crippen LogP contribution in [0.15, 0.2) is 24.4 Å². The number of fused-ring (bicyclic) bond motifs is 1. The van der Waals surface area contributed by atoms with Crippen molar-refractivity contribution in [3.8, 4) is 17.4 Å². The van der Waals surface area contributed by atoms with Gasteiger partial charge in [0.15, 0.2) is 0 Å². The Morgan fingerprint density at radius 2 is 1.81 bits per heavy atom. The molecule has 1 aliphatic carbocycles. The molecule has 1 aliphatic rings. The Bertz CT molecular complexity index is 621. The fourth-order valence-electron chi connectivity index (χ4n) is 2.92. The lowest BCUT2D eigenvalue weighted by Crippen LogP contribution is -2.20. The Morgan fingerprint density at radius 3 is 2.52 bits per heavy atom. The van der Waals surface area contributed by atoms with E-state index in [-0.39, 0.29) is 6.10 Å². The molecule has 1 heterocycles. The van der Waals surface area contributed by atoms with Crippen LogP contribution in [0.4, 0.5) is 0 Å². The molecule has 0 aliphatic heterocycles. The highest BCUT2D eigenvalue weighted by Crippen LogP contribution is 2.36. The molecule has 21 heavy (non-hydrogen) atoms. The Kier molecular flexibility index (Phi) is 4.13. The van der Waals surface area contributed by atoms with Crippen LogP contribution in [0.2, 0.25) is 0 Å². The van der Waals surface area contributed by atoms with Crippen molar-refractivity contribution in [3.05, 3.63) is 24.4 Å². The molecule has 0 spiro atoms. The summed E-state index contributed by atoms with van der Waals surface area (Å²) in [5.74, 6) is 2.21. The van der Waals surface area contributed by atoms with Crippen molar-refractivity contribution >= 4 is 10.8 Å². The van der Waals surface area contributed by atoms with E-state index in [9.17, 15) is 0 Å². The summed E-state index contributed by atoms with van der Waals surface area (Å²) in [5.41, 5.74) is 0. The minimum atomic E-state index is 0.272. The topological polar surface area (TPSA) is 40.6 Å². The van der Waals surface area contributed by atoms with Crippen molar-refractivity contribution in [2.45, 2.75) is 38.2 Å². The number of hydrogen-bond donors (Lipinski definition) is 0. The molecule has 1 saturated carbocycles. The summed E-state index contributed by atoms with van der Waals surface area (Å²) in [6.45, 7) is 0. The highest BCUT2D eigenvalue weighted by atomic mass is 16.5. The Labute approximate surface area is 125 Å². The molecule has 0 bridgehead atoms. The Balaban J connectivity index is 2.01. The normalized spacial score (nSPS) is 15.9. The largest absolute Gasteiger partial charge is 0.497 e. The van der Waals surface area contributed by atoms with E-state index in [1.807, 2.05) is 18.2 Å². The molecule has 4 nitrogen and oxygen atoms in total. The maximum absolute atomic E-state index is 6.15. The minimum absolute atomic E-state index is 0.272. The standard InChI is InChI=1S/C17H21NO3/c1-19-13-10-15-14(16(11-13)20-2)8-9-18-17(15)21-12-6-4-3-5-7-12/h8-12H,3-7H2,1-2H3. The van der Waals surface area contributed by atoms with Gasteiger partial charge in [0.1, 0.15) is 17.6 Å². The molecule has 0 N–H and O–H groups in total. The van der Waals surface area contributed by atoms with E-state index in [2.05, 4.69) is 4.98 Å². The van der Waals surface area contributed by atoms with Crippen molar-refractivity contribution < 1.29 is 14.2 Å². The Morgan fingerprint density at radius 1 is 1.00 bits per heavy atom. The lowest BCUT2D eigenvalue weighted by molar-refractivity contribution is 0.151. The van der Waals surface area contributed by atoms with Gasteiger partial charge < -0.3 is 14.2 Å². The van der Waals surface area contributed by atoms with Gasteiger partial charge in [0.05, 0.1) is 19.6 Å². The first-order valence-electron chi connectivity index (χ1n) is 7.49. The molecule has 2 aromatic rings. The van der Waals surface area contributed by atoms with Gasteiger partial charge in [-0.1, -0.05) is 6.42 Å². The number of benzene rings is 1. The van der Waals surface area contributed by atoms with Crippen molar-refractivity contribution in [1.29, 1.82) is 0 Å². The lowest BCUT2D eigenvalue weighted by atomic mass is 9.98. The summed E-state index contributed by atoms with van der Waals surface area (Å²) in [6, 6.07) is 5.79. The second-order valence-corrected chi connectivity index (χ2v) is 5.42. The van der Waals surface area contributed by atoms with Gasteiger partial charge in [-0.2, -0.15) is 0 Å². The zero-order valence-corrected chi connectivity index (χ0v) is 12.6. The number of rotatable bonds is 4. The molecule has 3 rings (SSSR count). The second kappa shape index (κ2) is 6.20.